The summed E-state index contributed by atoms with van der Waals surface area (Å²) in [6.07, 6.45) is 9.16. The molecule has 0 bridgehead atoms. The molecule has 0 spiro atoms. The molecule has 2 unspecified atom stereocenters. The average molecular weight is 268 g/mol. The van der Waals surface area contributed by atoms with E-state index in [0.717, 1.165) is 4.91 Å². The van der Waals surface area contributed by atoms with Gasteiger partial charge in [-0.25, -0.2) is 0 Å². The van der Waals surface area contributed by atoms with Gasteiger partial charge in [-0.1, -0.05) is 61.6 Å². The van der Waals surface area contributed by atoms with Crippen molar-refractivity contribution >= 4 is 23.1 Å². The zero-order valence-electron chi connectivity index (χ0n) is 10.9. The third-order valence-corrected chi connectivity index (χ3v) is 4.98. The van der Waals surface area contributed by atoms with Crippen molar-refractivity contribution in [2.45, 2.75) is 18.6 Å². The molecular formula is C17H16OS. The Morgan fingerprint density at radius 3 is 2.63 bits per heavy atom. The molecule has 1 aromatic rings. The Labute approximate surface area is 118 Å². The highest BCUT2D eigenvalue weighted by Crippen LogP contribution is 2.49. The molecule has 2 aliphatic rings. The van der Waals surface area contributed by atoms with Crippen molar-refractivity contribution < 1.29 is 4.79 Å². The van der Waals surface area contributed by atoms with Crippen LogP contribution in [-0.4, -0.2) is 11.0 Å². The molecule has 0 saturated carbocycles. The van der Waals surface area contributed by atoms with E-state index in [9.17, 15) is 4.79 Å². The summed E-state index contributed by atoms with van der Waals surface area (Å²) in [5, 5.41) is 0.380. The third-order valence-electron chi connectivity index (χ3n) is 3.58. The molecule has 0 saturated heterocycles. The fourth-order valence-electron chi connectivity index (χ4n) is 2.63. The van der Waals surface area contributed by atoms with Crippen LogP contribution in [0.2, 0.25) is 0 Å². The highest BCUT2D eigenvalue weighted by molar-refractivity contribution is 8.05. The van der Waals surface area contributed by atoms with Crippen LogP contribution in [0, 0.1) is 5.92 Å². The molecule has 1 aliphatic heterocycles. The summed E-state index contributed by atoms with van der Waals surface area (Å²) < 4.78 is 0. The lowest BCUT2D eigenvalue weighted by Crippen LogP contribution is -2.11. The zero-order chi connectivity index (χ0) is 13.2. The van der Waals surface area contributed by atoms with E-state index in [2.05, 4.69) is 36.4 Å². The van der Waals surface area contributed by atoms with E-state index in [-0.39, 0.29) is 5.78 Å². The monoisotopic (exact) mass is 268 g/mol. The van der Waals surface area contributed by atoms with Crippen LogP contribution in [0.15, 0.2) is 59.5 Å². The van der Waals surface area contributed by atoms with E-state index in [0.29, 0.717) is 17.6 Å². The minimum absolute atomic E-state index is 0.264. The third kappa shape index (κ3) is 2.21. The Bertz CT molecular complexity index is 581. The largest absolute Gasteiger partial charge is 0.294 e. The Morgan fingerprint density at radius 1 is 1.16 bits per heavy atom. The van der Waals surface area contributed by atoms with Crippen molar-refractivity contribution in [1.29, 1.82) is 0 Å². The van der Waals surface area contributed by atoms with Crippen LogP contribution in [0.25, 0.3) is 5.57 Å². The average Bonchev–Trinajstić information content (AvgIpc) is 2.86. The van der Waals surface area contributed by atoms with Crippen LogP contribution >= 0.6 is 11.8 Å². The van der Waals surface area contributed by atoms with E-state index in [1.54, 1.807) is 11.8 Å². The fourth-order valence-corrected chi connectivity index (χ4v) is 4.10. The minimum atomic E-state index is 0.264. The number of carbonyl (C=O) groups is 1. The van der Waals surface area contributed by atoms with E-state index < -0.39 is 0 Å². The zero-order valence-corrected chi connectivity index (χ0v) is 11.7. The van der Waals surface area contributed by atoms with Crippen molar-refractivity contribution in [3.63, 3.8) is 0 Å². The van der Waals surface area contributed by atoms with Gasteiger partial charge in [-0.15, -0.1) is 11.8 Å². The van der Waals surface area contributed by atoms with Crippen LogP contribution in [0.3, 0.4) is 0 Å². The number of hydrogen-bond acceptors (Lipinski definition) is 2. The SMILES string of the molecule is CCC(=O)C1=C(c2ccccc2)C2C=CC=CC2S1. The van der Waals surface area contributed by atoms with Gasteiger partial charge in [-0.2, -0.15) is 0 Å². The summed E-state index contributed by atoms with van der Waals surface area (Å²) in [7, 11) is 0. The van der Waals surface area contributed by atoms with Crippen LogP contribution in [0.1, 0.15) is 18.9 Å². The summed E-state index contributed by atoms with van der Waals surface area (Å²) in [5.74, 6) is 0.600. The van der Waals surface area contributed by atoms with Gasteiger partial charge >= 0.3 is 0 Å². The molecular weight excluding hydrogens is 252 g/mol. The van der Waals surface area contributed by atoms with Gasteiger partial charge in [-0.3, -0.25) is 4.79 Å². The fraction of sp³-hybridized carbons (Fsp3) is 0.235. The van der Waals surface area contributed by atoms with Gasteiger partial charge in [0.05, 0.1) is 4.91 Å². The minimum Gasteiger partial charge on any atom is -0.294 e. The molecule has 96 valence electrons. The maximum Gasteiger partial charge on any atom is 0.169 e. The first kappa shape index (κ1) is 12.5. The normalized spacial score (nSPS) is 24.7. The van der Waals surface area contributed by atoms with Crippen LogP contribution in [0.4, 0.5) is 0 Å². The molecule has 0 amide bonds. The van der Waals surface area contributed by atoms with E-state index in [1.807, 2.05) is 25.1 Å². The topological polar surface area (TPSA) is 17.1 Å². The molecule has 1 aliphatic carbocycles. The lowest BCUT2D eigenvalue weighted by atomic mass is 9.86. The molecule has 0 aromatic heterocycles. The standard InChI is InChI=1S/C17H16OS/c1-2-14(18)17-16(12-8-4-3-5-9-12)13-10-6-7-11-15(13)19-17/h3-11,13,15H,2H2,1H3. The van der Waals surface area contributed by atoms with Crippen molar-refractivity contribution in [1.82, 2.24) is 0 Å². The molecule has 0 fully saturated rings. The Kier molecular flexibility index (Phi) is 3.43. The number of allylic oxidation sites excluding steroid dienone is 5. The maximum absolute atomic E-state index is 12.2. The molecule has 0 radical (unpaired) electrons. The quantitative estimate of drug-likeness (QED) is 0.816. The Morgan fingerprint density at radius 2 is 1.89 bits per heavy atom. The first-order valence-electron chi connectivity index (χ1n) is 6.65. The van der Waals surface area contributed by atoms with Crippen molar-refractivity contribution in [2.24, 2.45) is 5.92 Å². The summed E-state index contributed by atoms with van der Waals surface area (Å²) in [6.45, 7) is 1.94. The van der Waals surface area contributed by atoms with Crippen LogP contribution in [0.5, 0.6) is 0 Å². The summed E-state index contributed by atoms with van der Waals surface area (Å²) >= 11 is 1.72. The predicted molar refractivity (Wildman–Crippen MR) is 81.8 cm³/mol. The number of carbonyl (C=O) groups excluding carboxylic acids is 1. The summed E-state index contributed by atoms with van der Waals surface area (Å²) in [6, 6.07) is 10.3. The summed E-state index contributed by atoms with van der Waals surface area (Å²) in [5.41, 5.74) is 2.39. The van der Waals surface area contributed by atoms with Gasteiger partial charge in [0, 0.05) is 17.6 Å². The van der Waals surface area contributed by atoms with Gasteiger partial charge < -0.3 is 0 Å². The molecule has 19 heavy (non-hydrogen) atoms. The molecule has 2 atom stereocenters. The maximum atomic E-state index is 12.2. The number of benzene rings is 1. The molecule has 1 nitrogen and oxygen atoms in total. The lowest BCUT2D eigenvalue weighted by Gasteiger charge is -2.18. The van der Waals surface area contributed by atoms with Gasteiger partial charge in [0.15, 0.2) is 5.78 Å². The highest BCUT2D eigenvalue weighted by atomic mass is 32.2. The van der Waals surface area contributed by atoms with E-state index >= 15 is 0 Å². The number of thioether (sulfide) groups is 1. The molecule has 1 heterocycles. The Hall–Kier alpha value is -1.54. The van der Waals surface area contributed by atoms with Gasteiger partial charge in [0.1, 0.15) is 0 Å². The Balaban J connectivity index is 2.10. The van der Waals surface area contributed by atoms with E-state index in [1.165, 1.54) is 11.1 Å². The second-order valence-corrected chi connectivity index (χ2v) is 5.95. The first-order valence-corrected chi connectivity index (χ1v) is 7.53. The van der Waals surface area contributed by atoms with Crippen molar-refractivity contribution in [3.05, 3.63) is 65.1 Å². The van der Waals surface area contributed by atoms with Crippen LogP contribution < -0.4 is 0 Å². The van der Waals surface area contributed by atoms with E-state index in [4.69, 9.17) is 0 Å². The molecule has 2 heteroatoms. The van der Waals surface area contributed by atoms with Gasteiger partial charge in [-0.05, 0) is 11.1 Å². The number of rotatable bonds is 3. The number of hydrogen-bond donors (Lipinski definition) is 0. The summed E-state index contributed by atoms with van der Waals surface area (Å²) in [4.78, 5) is 13.2. The van der Waals surface area contributed by atoms with Gasteiger partial charge in [0.2, 0.25) is 0 Å². The van der Waals surface area contributed by atoms with Crippen LogP contribution in [-0.2, 0) is 4.79 Å². The number of ketones is 1. The second kappa shape index (κ2) is 5.22. The van der Waals surface area contributed by atoms with Gasteiger partial charge in [0.25, 0.3) is 0 Å². The lowest BCUT2D eigenvalue weighted by molar-refractivity contribution is -0.114. The number of Topliss-reactive ketones (excluding diaryl/α,β-unsaturated/α-hetero) is 1. The van der Waals surface area contributed by atoms with Crippen molar-refractivity contribution in [2.75, 3.05) is 0 Å². The van der Waals surface area contributed by atoms with Crippen molar-refractivity contribution in [3.8, 4) is 0 Å². The molecule has 3 rings (SSSR count). The number of fused-ring (bicyclic) bond motifs is 1. The highest BCUT2D eigenvalue weighted by Gasteiger charge is 2.36. The first-order chi connectivity index (χ1) is 9.31. The molecule has 1 aromatic carbocycles. The predicted octanol–water partition coefficient (Wildman–Crippen LogP) is 4.23. The smallest absolute Gasteiger partial charge is 0.169 e. The molecule has 0 N–H and O–H groups in total. The second-order valence-electron chi connectivity index (χ2n) is 4.76.